The highest BCUT2D eigenvalue weighted by Crippen LogP contribution is 2.16. The van der Waals surface area contributed by atoms with Crippen LogP contribution in [0.5, 0.6) is 0 Å². The van der Waals surface area contributed by atoms with Crippen molar-refractivity contribution in [2.75, 3.05) is 6.54 Å². The van der Waals surface area contributed by atoms with Crippen molar-refractivity contribution in [3.8, 4) is 0 Å². The third-order valence-electron chi connectivity index (χ3n) is 3.55. The molecule has 1 aromatic rings. The van der Waals surface area contributed by atoms with Gasteiger partial charge in [-0.25, -0.2) is 4.98 Å². The van der Waals surface area contributed by atoms with Gasteiger partial charge in [-0.1, -0.05) is 19.3 Å². The molecular formula is C13H20IN3O. The summed E-state index contributed by atoms with van der Waals surface area (Å²) in [5, 5.41) is 3.54. The first-order valence-corrected chi connectivity index (χ1v) is 7.71. The minimum absolute atomic E-state index is 0.0774. The van der Waals surface area contributed by atoms with Crippen LogP contribution in [0, 0.1) is 10.5 Å². The van der Waals surface area contributed by atoms with E-state index in [0.717, 1.165) is 15.8 Å². The normalized spacial score (nSPS) is 17.0. The zero-order chi connectivity index (χ0) is 13.0. The lowest BCUT2D eigenvalue weighted by molar-refractivity contribution is 0.366. The van der Waals surface area contributed by atoms with Crippen molar-refractivity contribution in [2.45, 2.75) is 51.6 Å². The van der Waals surface area contributed by atoms with E-state index in [-0.39, 0.29) is 5.56 Å². The maximum absolute atomic E-state index is 12.0. The monoisotopic (exact) mass is 361 g/mol. The summed E-state index contributed by atoms with van der Waals surface area (Å²) < 4.78 is 2.43. The van der Waals surface area contributed by atoms with Gasteiger partial charge in [-0.2, -0.15) is 0 Å². The van der Waals surface area contributed by atoms with Crippen molar-refractivity contribution in [2.24, 2.45) is 0 Å². The van der Waals surface area contributed by atoms with Crippen molar-refractivity contribution in [1.29, 1.82) is 0 Å². The van der Waals surface area contributed by atoms with Crippen LogP contribution in [0.1, 0.15) is 37.8 Å². The van der Waals surface area contributed by atoms with Crippen LogP contribution in [0.15, 0.2) is 11.1 Å². The predicted molar refractivity (Wildman–Crippen MR) is 80.8 cm³/mol. The minimum atomic E-state index is 0.0774. The smallest absolute Gasteiger partial charge is 0.267 e. The summed E-state index contributed by atoms with van der Waals surface area (Å²) in [4.78, 5) is 16.2. The molecule has 100 valence electrons. The number of rotatable bonds is 4. The largest absolute Gasteiger partial charge is 0.312 e. The van der Waals surface area contributed by atoms with E-state index in [1.54, 1.807) is 10.9 Å². The molecule has 1 N–H and O–H groups in total. The lowest BCUT2D eigenvalue weighted by Gasteiger charge is -2.22. The molecule has 2 rings (SSSR count). The van der Waals surface area contributed by atoms with Crippen LogP contribution in [0.2, 0.25) is 0 Å². The Morgan fingerprint density at radius 2 is 2.17 bits per heavy atom. The zero-order valence-electron chi connectivity index (χ0n) is 10.8. The Bertz CT molecular complexity index is 452. The molecule has 1 fully saturated rings. The molecule has 1 heterocycles. The van der Waals surface area contributed by atoms with Gasteiger partial charge in [0.2, 0.25) is 0 Å². The van der Waals surface area contributed by atoms with Crippen molar-refractivity contribution in [1.82, 2.24) is 14.9 Å². The molecule has 0 amide bonds. The van der Waals surface area contributed by atoms with E-state index in [9.17, 15) is 4.79 Å². The second-order valence-electron chi connectivity index (χ2n) is 4.93. The van der Waals surface area contributed by atoms with E-state index in [0.29, 0.717) is 12.6 Å². The van der Waals surface area contributed by atoms with Gasteiger partial charge in [0, 0.05) is 19.1 Å². The molecule has 0 aliphatic heterocycles. The summed E-state index contributed by atoms with van der Waals surface area (Å²) >= 11 is 2.07. The molecular weight excluding hydrogens is 341 g/mol. The Morgan fingerprint density at radius 1 is 1.44 bits per heavy atom. The van der Waals surface area contributed by atoms with Crippen LogP contribution >= 0.6 is 22.6 Å². The van der Waals surface area contributed by atoms with E-state index < -0.39 is 0 Å². The van der Waals surface area contributed by atoms with Gasteiger partial charge in [0.1, 0.15) is 0 Å². The maximum atomic E-state index is 12.0. The van der Waals surface area contributed by atoms with E-state index in [1.165, 1.54) is 32.1 Å². The number of nitrogens with one attached hydrogen (secondary N) is 1. The van der Waals surface area contributed by atoms with Crippen LogP contribution in [-0.4, -0.2) is 22.1 Å². The van der Waals surface area contributed by atoms with Crippen molar-refractivity contribution in [3.05, 3.63) is 25.9 Å². The number of hydrogen-bond acceptors (Lipinski definition) is 3. The first-order chi connectivity index (χ1) is 8.68. The molecule has 1 saturated carbocycles. The van der Waals surface area contributed by atoms with Gasteiger partial charge in [0.15, 0.2) is 0 Å². The topological polar surface area (TPSA) is 46.9 Å². The highest BCUT2D eigenvalue weighted by atomic mass is 127. The molecule has 5 heteroatoms. The number of hydrogen-bond donors (Lipinski definition) is 1. The van der Waals surface area contributed by atoms with Crippen molar-refractivity contribution >= 4 is 22.6 Å². The molecule has 4 nitrogen and oxygen atoms in total. The van der Waals surface area contributed by atoms with Gasteiger partial charge in [-0.15, -0.1) is 0 Å². The first kappa shape index (κ1) is 14.0. The number of aromatic nitrogens is 2. The molecule has 0 unspecified atom stereocenters. The molecule has 1 aliphatic carbocycles. The Labute approximate surface area is 121 Å². The Balaban J connectivity index is 1.86. The molecule has 0 atom stereocenters. The van der Waals surface area contributed by atoms with Crippen molar-refractivity contribution in [3.63, 3.8) is 0 Å². The van der Waals surface area contributed by atoms with Gasteiger partial charge < -0.3 is 5.32 Å². The second-order valence-corrected chi connectivity index (χ2v) is 6.01. The molecule has 0 radical (unpaired) electrons. The highest BCUT2D eigenvalue weighted by molar-refractivity contribution is 14.1. The van der Waals surface area contributed by atoms with E-state index in [2.05, 4.69) is 32.9 Å². The average Bonchev–Trinajstić information content (AvgIpc) is 2.40. The Hall–Kier alpha value is -0.430. The van der Waals surface area contributed by atoms with Gasteiger partial charge in [0.25, 0.3) is 5.56 Å². The molecule has 0 saturated heterocycles. The first-order valence-electron chi connectivity index (χ1n) is 6.63. The lowest BCUT2D eigenvalue weighted by Crippen LogP contribution is -2.35. The molecule has 0 bridgehead atoms. The summed E-state index contributed by atoms with van der Waals surface area (Å²) in [7, 11) is 0. The van der Waals surface area contributed by atoms with Crippen LogP contribution < -0.4 is 10.9 Å². The quantitative estimate of drug-likeness (QED) is 0.836. The SMILES string of the molecule is Cc1ncn(CCNC2CCCCC2)c(=O)c1I. The molecule has 0 aromatic carbocycles. The fourth-order valence-corrected chi connectivity index (χ4v) is 2.85. The van der Waals surface area contributed by atoms with Crippen LogP contribution in [-0.2, 0) is 6.54 Å². The van der Waals surface area contributed by atoms with Crippen LogP contribution in [0.3, 0.4) is 0 Å². The zero-order valence-corrected chi connectivity index (χ0v) is 12.9. The molecule has 1 aliphatic rings. The summed E-state index contributed by atoms with van der Waals surface area (Å²) in [5.74, 6) is 0. The predicted octanol–water partition coefficient (Wildman–Crippen LogP) is 2.08. The third-order valence-corrected chi connectivity index (χ3v) is 4.79. The standard InChI is InChI=1S/C13H20IN3O/c1-10-12(14)13(18)17(9-16-10)8-7-15-11-5-3-2-4-6-11/h9,11,15H,2-8H2,1H3. The summed E-state index contributed by atoms with van der Waals surface area (Å²) in [6.07, 6.45) is 8.25. The minimum Gasteiger partial charge on any atom is -0.312 e. The third kappa shape index (κ3) is 3.54. The van der Waals surface area contributed by atoms with Gasteiger partial charge in [0.05, 0.1) is 15.6 Å². The lowest BCUT2D eigenvalue weighted by atomic mass is 9.95. The Morgan fingerprint density at radius 3 is 2.89 bits per heavy atom. The fraction of sp³-hybridized carbons (Fsp3) is 0.692. The maximum Gasteiger partial charge on any atom is 0.267 e. The highest BCUT2D eigenvalue weighted by Gasteiger charge is 2.12. The Kier molecular flexibility index (Phi) is 5.17. The number of aryl methyl sites for hydroxylation is 1. The van der Waals surface area contributed by atoms with Gasteiger partial charge >= 0.3 is 0 Å². The molecule has 18 heavy (non-hydrogen) atoms. The van der Waals surface area contributed by atoms with Gasteiger partial charge in [-0.05, 0) is 42.4 Å². The van der Waals surface area contributed by atoms with E-state index >= 15 is 0 Å². The molecule has 0 spiro atoms. The summed E-state index contributed by atoms with van der Waals surface area (Å²) in [5.41, 5.74) is 0.894. The van der Waals surface area contributed by atoms with E-state index in [4.69, 9.17) is 0 Å². The van der Waals surface area contributed by atoms with E-state index in [1.807, 2.05) is 6.92 Å². The summed E-state index contributed by atoms with van der Waals surface area (Å²) in [6.45, 7) is 3.43. The van der Waals surface area contributed by atoms with Crippen LogP contribution in [0.4, 0.5) is 0 Å². The number of nitrogens with zero attached hydrogens (tertiary/aromatic N) is 2. The van der Waals surface area contributed by atoms with Gasteiger partial charge in [-0.3, -0.25) is 9.36 Å². The van der Waals surface area contributed by atoms with Crippen LogP contribution in [0.25, 0.3) is 0 Å². The summed E-state index contributed by atoms with van der Waals surface area (Å²) in [6, 6.07) is 0.645. The molecule has 1 aromatic heterocycles. The fourth-order valence-electron chi connectivity index (χ4n) is 2.40. The van der Waals surface area contributed by atoms with Crippen molar-refractivity contribution < 1.29 is 0 Å². The number of halogens is 1. The second kappa shape index (κ2) is 6.65. The average molecular weight is 361 g/mol.